The van der Waals surface area contributed by atoms with Crippen LogP contribution in [0.25, 0.3) is 0 Å². The summed E-state index contributed by atoms with van der Waals surface area (Å²) in [5.74, 6) is 1.59. The van der Waals surface area contributed by atoms with Crippen LogP contribution in [-0.2, 0) is 21.9 Å². The van der Waals surface area contributed by atoms with E-state index in [1.54, 1.807) is 23.7 Å². The first-order valence-electron chi connectivity index (χ1n) is 13.7. The van der Waals surface area contributed by atoms with Crippen molar-refractivity contribution in [2.75, 3.05) is 18.5 Å². The molecule has 4 aromatic rings. The third-order valence-electron chi connectivity index (χ3n) is 6.68. The highest BCUT2D eigenvalue weighted by Crippen LogP contribution is 2.44. The number of nitrogens with one attached hydrogen (secondary N) is 1. The molecule has 0 fully saturated rings. The van der Waals surface area contributed by atoms with Gasteiger partial charge < -0.3 is 19.5 Å². The van der Waals surface area contributed by atoms with Crippen molar-refractivity contribution in [3.05, 3.63) is 102 Å². The number of carbonyl (C=O) groups is 1. The van der Waals surface area contributed by atoms with E-state index in [2.05, 4.69) is 21.2 Å². The van der Waals surface area contributed by atoms with Gasteiger partial charge in [0.05, 0.1) is 23.3 Å². The quantitative estimate of drug-likeness (QED) is 0.121. The molecule has 1 aliphatic rings. The number of allylic oxidation sites excluding steroid dienone is 1. The first-order chi connectivity index (χ1) is 21.2. The summed E-state index contributed by atoms with van der Waals surface area (Å²) in [7, 11) is 0. The Kier molecular flexibility index (Phi) is 10.7. The minimum absolute atomic E-state index is 0.188. The van der Waals surface area contributed by atoms with Crippen LogP contribution in [0.5, 0.6) is 11.5 Å². The molecule has 1 unspecified atom stereocenters. The van der Waals surface area contributed by atoms with Gasteiger partial charge in [-0.2, -0.15) is 4.98 Å². The number of benzene rings is 3. The van der Waals surface area contributed by atoms with Gasteiger partial charge in [-0.15, -0.1) is 5.10 Å². The van der Waals surface area contributed by atoms with Gasteiger partial charge in [-0.3, -0.25) is 0 Å². The monoisotopic (exact) mass is 736 g/mol. The molecule has 0 saturated heterocycles. The third-order valence-corrected chi connectivity index (χ3v) is 9.11. The lowest BCUT2D eigenvalue weighted by molar-refractivity contribution is -0.139. The summed E-state index contributed by atoms with van der Waals surface area (Å²) in [6.07, 6.45) is 0. The van der Waals surface area contributed by atoms with Crippen LogP contribution < -0.4 is 14.8 Å². The molecule has 5 rings (SSSR count). The van der Waals surface area contributed by atoms with E-state index < -0.39 is 12.0 Å². The van der Waals surface area contributed by atoms with Gasteiger partial charge in [0.1, 0.15) is 12.6 Å². The lowest BCUT2D eigenvalue weighted by atomic mass is 9.95. The van der Waals surface area contributed by atoms with Crippen LogP contribution in [0.4, 0.5) is 5.95 Å². The zero-order chi connectivity index (χ0) is 31.4. The molecule has 3 aromatic carbocycles. The highest BCUT2D eigenvalue weighted by atomic mass is 79.9. The Labute approximate surface area is 283 Å². The lowest BCUT2D eigenvalue weighted by Crippen LogP contribution is -2.29. The molecule has 1 aromatic heterocycles. The number of hydrogen-bond donors (Lipinski definition) is 1. The Morgan fingerprint density at radius 1 is 1.02 bits per heavy atom. The van der Waals surface area contributed by atoms with E-state index in [0.29, 0.717) is 65.8 Å². The number of fused-ring (bicyclic) bond motifs is 1. The maximum atomic E-state index is 13.3. The number of rotatable bonds is 11. The van der Waals surface area contributed by atoms with E-state index in [1.807, 2.05) is 56.3 Å². The maximum Gasteiger partial charge on any atom is 0.338 e. The predicted molar refractivity (Wildman–Crippen MR) is 178 cm³/mol. The number of halogens is 4. The van der Waals surface area contributed by atoms with Crippen LogP contribution in [0.3, 0.4) is 0 Å². The van der Waals surface area contributed by atoms with E-state index in [0.717, 1.165) is 16.7 Å². The summed E-state index contributed by atoms with van der Waals surface area (Å²) in [5.41, 5.74) is 3.48. The van der Waals surface area contributed by atoms with Crippen LogP contribution in [0.2, 0.25) is 15.1 Å². The second-order valence-corrected chi connectivity index (χ2v) is 12.7. The number of esters is 1. The second-order valence-electron chi connectivity index (χ2n) is 9.62. The van der Waals surface area contributed by atoms with Crippen molar-refractivity contribution in [3.8, 4) is 11.5 Å². The number of aromatic nitrogens is 3. The van der Waals surface area contributed by atoms with Crippen LogP contribution in [-0.4, -0.2) is 33.9 Å². The molecule has 230 valence electrons. The number of nitrogens with zero attached hydrogens (tertiary/aromatic N) is 3. The number of thioether (sulfide) groups is 1. The Balaban J connectivity index is 1.53. The summed E-state index contributed by atoms with van der Waals surface area (Å²) in [6, 6.07) is 16.0. The van der Waals surface area contributed by atoms with Crippen molar-refractivity contribution in [2.45, 2.75) is 44.3 Å². The first kappa shape index (κ1) is 32.5. The van der Waals surface area contributed by atoms with Crippen LogP contribution in [0, 0.1) is 0 Å². The van der Waals surface area contributed by atoms with E-state index in [4.69, 9.17) is 59.1 Å². The standard InChI is InChI=1S/C31H28BrCl3N4O4S/c1-4-41-25-13-20(12-22(32)28(25)43-15-18-10-11-21(33)14-24(18)35)27-26(29(40)42-5-2)17(3)36-30-37-31(38-39(27)30)44-16-19-8-6-7-9-23(19)34/h6-14,27H,4-5,15-16H2,1-3H3,(H,36,37,38). The van der Waals surface area contributed by atoms with Gasteiger partial charge in [-0.05, 0) is 78.2 Å². The molecule has 8 nitrogen and oxygen atoms in total. The zero-order valence-corrected chi connectivity index (χ0v) is 28.7. The van der Waals surface area contributed by atoms with E-state index in [1.165, 1.54) is 11.8 Å². The highest BCUT2D eigenvalue weighted by molar-refractivity contribution is 9.10. The third kappa shape index (κ3) is 7.15. The second kappa shape index (κ2) is 14.5. The Hall–Kier alpha value is -2.89. The fourth-order valence-corrected chi connectivity index (χ4v) is 6.82. The summed E-state index contributed by atoms with van der Waals surface area (Å²) in [5, 5.41) is 10.3. The molecule has 0 bridgehead atoms. The molecule has 13 heteroatoms. The number of ether oxygens (including phenoxy) is 3. The predicted octanol–water partition coefficient (Wildman–Crippen LogP) is 9.12. The van der Waals surface area contributed by atoms with Crippen molar-refractivity contribution < 1.29 is 19.0 Å². The number of carbonyl (C=O) groups excluding carboxylic acids is 1. The van der Waals surface area contributed by atoms with Crippen molar-refractivity contribution in [1.82, 2.24) is 14.8 Å². The van der Waals surface area contributed by atoms with Gasteiger partial charge in [0.15, 0.2) is 11.5 Å². The molecule has 0 spiro atoms. The van der Waals surface area contributed by atoms with Gasteiger partial charge in [-0.25, -0.2) is 9.48 Å². The summed E-state index contributed by atoms with van der Waals surface area (Å²) in [4.78, 5) is 18.1. The molecular formula is C31H28BrCl3N4O4S. The van der Waals surface area contributed by atoms with Crippen molar-refractivity contribution >= 4 is 74.4 Å². The van der Waals surface area contributed by atoms with Crippen LogP contribution in [0.1, 0.15) is 43.5 Å². The Morgan fingerprint density at radius 3 is 2.55 bits per heavy atom. The minimum Gasteiger partial charge on any atom is -0.490 e. The molecular weight excluding hydrogens is 711 g/mol. The van der Waals surface area contributed by atoms with E-state index in [9.17, 15) is 4.79 Å². The van der Waals surface area contributed by atoms with Crippen LogP contribution in [0.15, 0.2) is 75.5 Å². The average Bonchev–Trinajstić information content (AvgIpc) is 3.39. The summed E-state index contributed by atoms with van der Waals surface area (Å²) in [6.45, 7) is 6.27. The van der Waals surface area contributed by atoms with Gasteiger partial charge in [-0.1, -0.05) is 70.8 Å². The molecule has 1 atom stereocenters. The van der Waals surface area contributed by atoms with Gasteiger partial charge in [0.2, 0.25) is 11.1 Å². The molecule has 0 aliphatic carbocycles. The number of hydrogen-bond acceptors (Lipinski definition) is 8. The normalized spacial score (nSPS) is 14.2. The molecule has 2 heterocycles. The van der Waals surface area contributed by atoms with Gasteiger partial charge in [0, 0.05) is 32.1 Å². The summed E-state index contributed by atoms with van der Waals surface area (Å²) >= 11 is 23.9. The van der Waals surface area contributed by atoms with Gasteiger partial charge >= 0.3 is 5.97 Å². The molecule has 0 amide bonds. The topological polar surface area (TPSA) is 87.5 Å². The molecule has 44 heavy (non-hydrogen) atoms. The highest BCUT2D eigenvalue weighted by Gasteiger charge is 2.36. The average molecular weight is 739 g/mol. The Bertz CT molecular complexity index is 1730. The van der Waals surface area contributed by atoms with Crippen molar-refractivity contribution in [2.24, 2.45) is 0 Å². The molecule has 0 radical (unpaired) electrons. The molecule has 0 saturated carbocycles. The van der Waals surface area contributed by atoms with E-state index >= 15 is 0 Å². The molecule has 1 aliphatic heterocycles. The first-order valence-corrected chi connectivity index (χ1v) is 16.6. The fourth-order valence-electron chi connectivity index (χ4n) is 4.67. The Morgan fingerprint density at radius 2 is 1.82 bits per heavy atom. The summed E-state index contributed by atoms with van der Waals surface area (Å²) < 4.78 is 20.0. The maximum absolute atomic E-state index is 13.3. The zero-order valence-electron chi connectivity index (χ0n) is 24.0. The van der Waals surface area contributed by atoms with Crippen molar-refractivity contribution in [1.29, 1.82) is 0 Å². The molecule has 1 N–H and O–H groups in total. The fraction of sp³-hybridized carbons (Fsp3) is 0.258. The largest absolute Gasteiger partial charge is 0.490 e. The number of anilines is 1. The van der Waals surface area contributed by atoms with Gasteiger partial charge in [0.25, 0.3) is 0 Å². The van der Waals surface area contributed by atoms with E-state index in [-0.39, 0.29) is 13.2 Å². The van der Waals surface area contributed by atoms with Crippen LogP contribution >= 0.6 is 62.5 Å². The smallest absolute Gasteiger partial charge is 0.338 e. The minimum atomic E-state index is -0.664. The SMILES string of the molecule is CCOC(=O)C1=C(C)Nc2nc(SCc3ccccc3Cl)nn2C1c1cc(Br)c(OCc2ccc(Cl)cc2Cl)c(OCC)c1. The van der Waals surface area contributed by atoms with Crippen molar-refractivity contribution in [3.63, 3.8) is 0 Å². The lowest BCUT2D eigenvalue weighted by Gasteiger charge is -2.29.